The minimum Gasteiger partial charge on any atom is -0.493 e. The fourth-order valence-corrected chi connectivity index (χ4v) is 5.78. The summed E-state index contributed by atoms with van der Waals surface area (Å²) in [6, 6.07) is 19.1. The van der Waals surface area contributed by atoms with Gasteiger partial charge in [-0.15, -0.1) is 0 Å². The summed E-state index contributed by atoms with van der Waals surface area (Å²) in [6.45, 7) is 1.96. The second-order valence-electron chi connectivity index (χ2n) is 11.3. The molecule has 0 unspecified atom stereocenters. The quantitative estimate of drug-likeness (QED) is 0.349. The molecule has 1 heterocycles. The van der Waals surface area contributed by atoms with E-state index in [0.717, 1.165) is 31.4 Å². The summed E-state index contributed by atoms with van der Waals surface area (Å²) in [6.07, 6.45) is 3.41. The standard InChI is InChI=1S/C34H38N6O5/c1-44-30-14-8-25(20-31(30)45-2)34(43)40-17-15-39(16-18-40)29-13-7-24(33(42)37-27-11-9-26(36)10-12-27)19-28(29)38-32(41)23-5-3-22(21-35)4-6-23/h3-8,13-14,19-20,26-27H,9-12,15-18,36H2,1-2H3,(H,37,42)(H,38,41). The number of nitrogens with two attached hydrogens (primary N) is 1. The van der Waals surface area contributed by atoms with Crippen molar-refractivity contribution in [3.63, 3.8) is 0 Å². The van der Waals surface area contributed by atoms with Crippen molar-refractivity contribution >= 4 is 29.1 Å². The lowest BCUT2D eigenvalue weighted by molar-refractivity contribution is 0.0746. The molecule has 0 spiro atoms. The van der Waals surface area contributed by atoms with Crippen LogP contribution in [-0.4, -0.2) is 75.1 Å². The first-order valence-electron chi connectivity index (χ1n) is 15.1. The highest BCUT2D eigenvalue weighted by atomic mass is 16.5. The van der Waals surface area contributed by atoms with Crippen LogP contribution in [0.5, 0.6) is 11.5 Å². The summed E-state index contributed by atoms with van der Waals surface area (Å²) >= 11 is 0. The largest absolute Gasteiger partial charge is 0.493 e. The third kappa shape index (κ3) is 7.36. The molecule has 3 amide bonds. The van der Waals surface area contributed by atoms with Gasteiger partial charge in [-0.2, -0.15) is 5.26 Å². The van der Waals surface area contributed by atoms with E-state index in [2.05, 4.69) is 21.6 Å². The van der Waals surface area contributed by atoms with Gasteiger partial charge < -0.3 is 35.6 Å². The van der Waals surface area contributed by atoms with E-state index in [-0.39, 0.29) is 29.8 Å². The minimum absolute atomic E-state index is 0.0601. The zero-order valence-electron chi connectivity index (χ0n) is 25.5. The monoisotopic (exact) mass is 610 g/mol. The van der Waals surface area contributed by atoms with Gasteiger partial charge in [0.15, 0.2) is 11.5 Å². The molecule has 2 aliphatic rings. The van der Waals surface area contributed by atoms with Crippen molar-refractivity contribution in [1.29, 1.82) is 5.26 Å². The first-order chi connectivity index (χ1) is 21.8. The van der Waals surface area contributed by atoms with Crippen LogP contribution in [0.25, 0.3) is 0 Å². The highest BCUT2D eigenvalue weighted by molar-refractivity contribution is 6.07. The molecule has 1 aliphatic carbocycles. The molecule has 11 heteroatoms. The molecule has 5 rings (SSSR count). The lowest BCUT2D eigenvalue weighted by Gasteiger charge is -2.37. The number of hydrogen-bond acceptors (Lipinski definition) is 8. The van der Waals surface area contributed by atoms with Gasteiger partial charge in [-0.05, 0) is 86.3 Å². The van der Waals surface area contributed by atoms with Crippen molar-refractivity contribution in [1.82, 2.24) is 10.2 Å². The summed E-state index contributed by atoms with van der Waals surface area (Å²) in [5.74, 6) is 0.360. The normalized spacial score (nSPS) is 18.0. The minimum atomic E-state index is -0.359. The van der Waals surface area contributed by atoms with Crippen LogP contribution < -0.4 is 30.7 Å². The lowest BCUT2D eigenvalue weighted by Crippen LogP contribution is -2.49. The summed E-state index contributed by atoms with van der Waals surface area (Å²) in [5.41, 5.74) is 9.05. The predicted molar refractivity (Wildman–Crippen MR) is 171 cm³/mol. The number of nitriles is 1. The fourth-order valence-electron chi connectivity index (χ4n) is 5.78. The van der Waals surface area contributed by atoms with Gasteiger partial charge in [-0.25, -0.2) is 0 Å². The molecule has 1 aliphatic heterocycles. The number of rotatable bonds is 8. The second kappa shape index (κ2) is 14.1. The average Bonchev–Trinajstić information content (AvgIpc) is 3.08. The van der Waals surface area contributed by atoms with Gasteiger partial charge in [0.05, 0.1) is 37.2 Å². The maximum absolute atomic E-state index is 13.3. The molecule has 11 nitrogen and oxygen atoms in total. The van der Waals surface area contributed by atoms with Gasteiger partial charge in [-0.1, -0.05) is 0 Å². The molecule has 0 aromatic heterocycles. The first-order valence-corrected chi connectivity index (χ1v) is 15.1. The lowest BCUT2D eigenvalue weighted by atomic mass is 9.91. The van der Waals surface area contributed by atoms with Gasteiger partial charge >= 0.3 is 0 Å². The maximum Gasteiger partial charge on any atom is 0.255 e. The number of carbonyl (C=O) groups excluding carboxylic acids is 3. The molecule has 0 radical (unpaired) electrons. The van der Waals surface area contributed by atoms with Crippen molar-refractivity contribution in [2.75, 3.05) is 50.6 Å². The number of nitrogens with zero attached hydrogens (tertiary/aromatic N) is 3. The Morgan fingerprint density at radius 2 is 1.44 bits per heavy atom. The Labute approximate surface area is 262 Å². The van der Waals surface area contributed by atoms with E-state index in [0.29, 0.717) is 65.6 Å². The summed E-state index contributed by atoms with van der Waals surface area (Å²) in [5, 5.41) is 15.2. The van der Waals surface area contributed by atoms with E-state index in [4.69, 9.17) is 20.5 Å². The van der Waals surface area contributed by atoms with Crippen molar-refractivity contribution in [3.05, 3.63) is 82.9 Å². The second-order valence-corrected chi connectivity index (χ2v) is 11.3. The van der Waals surface area contributed by atoms with Gasteiger partial charge in [0, 0.05) is 55.0 Å². The number of nitrogens with one attached hydrogen (secondary N) is 2. The molecule has 234 valence electrons. The number of ether oxygens (including phenoxy) is 2. The Hall–Kier alpha value is -5.08. The molecule has 3 aromatic rings. The summed E-state index contributed by atoms with van der Waals surface area (Å²) in [7, 11) is 3.08. The highest BCUT2D eigenvalue weighted by Gasteiger charge is 2.26. The molecule has 3 aromatic carbocycles. The smallest absolute Gasteiger partial charge is 0.255 e. The first kappa shape index (κ1) is 31.3. The zero-order valence-corrected chi connectivity index (χ0v) is 25.5. The number of piperazine rings is 1. The summed E-state index contributed by atoms with van der Waals surface area (Å²) in [4.78, 5) is 43.7. The van der Waals surface area contributed by atoms with Crippen molar-refractivity contribution < 1.29 is 23.9 Å². The zero-order chi connectivity index (χ0) is 31.9. The van der Waals surface area contributed by atoms with Crippen LogP contribution in [0.3, 0.4) is 0 Å². The number of hydrogen-bond donors (Lipinski definition) is 3. The molecule has 2 fully saturated rings. The van der Waals surface area contributed by atoms with E-state index in [9.17, 15) is 14.4 Å². The summed E-state index contributed by atoms with van der Waals surface area (Å²) < 4.78 is 10.7. The Balaban J connectivity index is 1.33. The Morgan fingerprint density at radius 1 is 0.800 bits per heavy atom. The van der Waals surface area contributed by atoms with Crippen LogP contribution in [-0.2, 0) is 0 Å². The highest BCUT2D eigenvalue weighted by Crippen LogP contribution is 2.31. The Kier molecular flexibility index (Phi) is 9.85. The van der Waals surface area contributed by atoms with Gasteiger partial charge in [0.2, 0.25) is 0 Å². The predicted octanol–water partition coefficient (Wildman–Crippen LogP) is 3.79. The van der Waals surface area contributed by atoms with Crippen LogP contribution >= 0.6 is 0 Å². The molecule has 0 atom stereocenters. The third-order valence-corrected chi connectivity index (χ3v) is 8.43. The number of anilines is 2. The van der Waals surface area contributed by atoms with E-state index in [1.54, 1.807) is 66.6 Å². The van der Waals surface area contributed by atoms with Crippen LogP contribution in [0.1, 0.15) is 62.3 Å². The SMILES string of the molecule is COc1ccc(C(=O)N2CCN(c3ccc(C(=O)NC4CCC(N)CC4)cc3NC(=O)c3ccc(C#N)cc3)CC2)cc1OC. The van der Waals surface area contributed by atoms with E-state index in [1.165, 1.54) is 7.11 Å². The topological polar surface area (TPSA) is 150 Å². The van der Waals surface area contributed by atoms with Crippen molar-refractivity contribution in [3.8, 4) is 17.6 Å². The number of carbonyl (C=O) groups is 3. The van der Waals surface area contributed by atoms with E-state index < -0.39 is 0 Å². The van der Waals surface area contributed by atoms with Crippen molar-refractivity contribution in [2.45, 2.75) is 37.8 Å². The molecular weight excluding hydrogens is 572 g/mol. The number of benzene rings is 3. The van der Waals surface area contributed by atoms with E-state index in [1.807, 2.05) is 6.07 Å². The molecule has 1 saturated carbocycles. The number of methoxy groups -OCH3 is 2. The molecular formula is C34H38N6O5. The Bertz CT molecular complexity index is 1590. The maximum atomic E-state index is 13.3. The third-order valence-electron chi connectivity index (χ3n) is 8.43. The fraction of sp³-hybridized carbons (Fsp3) is 0.353. The van der Waals surface area contributed by atoms with Crippen LogP contribution in [0.2, 0.25) is 0 Å². The molecule has 0 bridgehead atoms. The molecule has 45 heavy (non-hydrogen) atoms. The van der Waals surface area contributed by atoms with Crippen LogP contribution in [0, 0.1) is 11.3 Å². The number of amides is 3. The molecule has 4 N–H and O–H groups in total. The van der Waals surface area contributed by atoms with Gasteiger partial charge in [0.25, 0.3) is 17.7 Å². The van der Waals surface area contributed by atoms with Gasteiger partial charge in [-0.3, -0.25) is 14.4 Å². The van der Waals surface area contributed by atoms with E-state index >= 15 is 0 Å². The van der Waals surface area contributed by atoms with Crippen molar-refractivity contribution in [2.24, 2.45) is 5.73 Å². The molecule has 1 saturated heterocycles. The average molecular weight is 611 g/mol. The van der Waals surface area contributed by atoms with Crippen LogP contribution in [0.4, 0.5) is 11.4 Å². The van der Waals surface area contributed by atoms with Crippen LogP contribution in [0.15, 0.2) is 60.7 Å². The van der Waals surface area contributed by atoms with Gasteiger partial charge in [0.1, 0.15) is 0 Å². The Morgan fingerprint density at radius 3 is 2.09 bits per heavy atom.